The number of nitrogens with one attached hydrogen (secondary N) is 1. The second-order valence-electron chi connectivity index (χ2n) is 6.77. The molecule has 0 bridgehead atoms. The number of halogens is 1. The fourth-order valence-corrected chi connectivity index (χ4v) is 3.78. The highest BCUT2D eigenvalue weighted by atomic mass is 127. The Bertz CT molecular complexity index is 1070. The van der Waals surface area contributed by atoms with Crippen LogP contribution in [0.25, 0.3) is 6.08 Å². The number of imide groups is 1. The number of carbonyl (C=O) groups excluding carboxylic acids is 3. The topological polar surface area (TPSA) is 94.2 Å². The number of esters is 1. The molecule has 2 aromatic carbocycles. The molecule has 162 valence electrons. The first kappa shape index (κ1) is 22.6. The smallest absolute Gasteiger partial charge is 0.329 e. The van der Waals surface area contributed by atoms with Gasteiger partial charge in [-0.1, -0.05) is 29.8 Å². The van der Waals surface area contributed by atoms with Crippen LogP contribution >= 0.6 is 22.6 Å². The lowest BCUT2D eigenvalue weighted by Gasteiger charge is -2.14. The quantitative estimate of drug-likeness (QED) is 0.253. The van der Waals surface area contributed by atoms with Gasteiger partial charge in [0.15, 0.2) is 11.5 Å². The third-order valence-corrected chi connectivity index (χ3v) is 5.31. The van der Waals surface area contributed by atoms with Gasteiger partial charge in [0.25, 0.3) is 5.91 Å². The minimum absolute atomic E-state index is 0.0557. The molecule has 0 atom stereocenters. The summed E-state index contributed by atoms with van der Waals surface area (Å²) < 4.78 is 16.8. The molecule has 1 fully saturated rings. The van der Waals surface area contributed by atoms with E-state index in [1.54, 1.807) is 6.07 Å². The number of nitrogens with zero attached hydrogens (tertiary/aromatic N) is 1. The van der Waals surface area contributed by atoms with E-state index in [0.29, 0.717) is 23.7 Å². The van der Waals surface area contributed by atoms with E-state index in [9.17, 15) is 14.4 Å². The van der Waals surface area contributed by atoms with Gasteiger partial charge in [-0.2, -0.15) is 0 Å². The van der Waals surface area contributed by atoms with Crippen molar-refractivity contribution in [1.29, 1.82) is 0 Å². The lowest BCUT2D eigenvalue weighted by molar-refractivity contribution is -0.143. The SMILES string of the molecule is COC(=O)CN1C(=O)N/C(=C/c2cc(I)c(OCc3cccc(C)c3)c(OC)c2)C1=O. The Morgan fingerprint density at radius 3 is 2.65 bits per heavy atom. The van der Waals surface area contributed by atoms with E-state index in [0.717, 1.165) is 19.6 Å². The number of aryl methyl sites for hydroxylation is 1. The molecule has 3 amide bonds. The molecule has 1 heterocycles. The summed E-state index contributed by atoms with van der Waals surface area (Å²) in [5, 5.41) is 2.47. The van der Waals surface area contributed by atoms with Crippen LogP contribution in [-0.2, 0) is 20.9 Å². The van der Waals surface area contributed by atoms with Gasteiger partial charge in [-0.05, 0) is 58.9 Å². The number of benzene rings is 2. The molecule has 0 saturated carbocycles. The molecule has 0 radical (unpaired) electrons. The number of hydrogen-bond acceptors (Lipinski definition) is 6. The van der Waals surface area contributed by atoms with Crippen molar-refractivity contribution < 1.29 is 28.6 Å². The third kappa shape index (κ3) is 5.35. The number of hydrogen-bond donors (Lipinski definition) is 1. The molecule has 3 rings (SSSR count). The first-order valence-electron chi connectivity index (χ1n) is 9.29. The zero-order chi connectivity index (χ0) is 22.5. The second kappa shape index (κ2) is 9.82. The monoisotopic (exact) mass is 536 g/mol. The van der Waals surface area contributed by atoms with Crippen molar-refractivity contribution >= 4 is 46.6 Å². The molecule has 31 heavy (non-hydrogen) atoms. The Balaban J connectivity index is 1.81. The number of ether oxygens (including phenoxy) is 3. The van der Waals surface area contributed by atoms with Crippen LogP contribution in [0.1, 0.15) is 16.7 Å². The van der Waals surface area contributed by atoms with E-state index in [-0.39, 0.29) is 5.70 Å². The fraction of sp³-hybridized carbons (Fsp3) is 0.227. The predicted molar refractivity (Wildman–Crippen MR) is 121 cm³/mol. The second-order valence-corrected chi connectivity index (χ2v) is 7.93. The van der Waals surface area contributed by atoms with Gasteiger partial charge in [0.05, 0.1) is 17.8 Å². The molecule has 0 unspecified atom stereocenters. The fourth-order valence-electron chi connectivity index (χ4n) is 3.00. The molecule has 0 aromatic heterocycles. The van der Waals surface area contributed by atoms with Crippen LogP contribution in [0.5, 0.6) is 11.5 Å². The van der Waals surface area contributed by atoms with Crippen LogP contribution in [-0.4, -0.2) is 43.6 Å². The van der Waals surface area contributed by atoms with Crippen molar-refractivity contribution in [3.8, 4) is 11.5 Å². The average Bonchev–Trinajstić information content (AvgIpc) is 2.99. The first-order valence-corrected chi connectivity index (χ1v) is 10.4. The maximum atomic E-state index is 12.5. The van der Waals surface area contributed by atoms with Crippen LogP contribution in [0, 0.1) is 10.5 Å². The van der Waals surface area contributed by atoms with E-state index in [1.807, 2.05) is 37.3 Å². The minimum Gasteiger partial charge on any atom is -0.493 e. The summed E-state index contributed by atoms with van der Waals surface area (Å²) in [6, 6.07) is 10.9. The average molecular weight is 536 g/mol. The lowest BCUT2D eigenvalue weighted by atomic mass is 10.1. The van der Waals surface area contributed by atoms with Gasteiger partial charge in [0.1, 0.15) is 18.8 Å². The van der Waals surface area contributed by atoms with E-state index in [4.69, 9.17) is 9.47 Å². The molecule has 1 N–H and O–H groups in total. The van der Waals surface area contributed by atoms with Crippen molar-refractivity contribution in [3.05, 3.63) is 62.4 Å². The molecule has 1 saturated heterocycles. The molecular weight excluding hydrogens is 515 g/mol. The van der Waals surface area contributed by atoms with Crippen LogP contribution in [0.2, 0.25) is 0 Å². The van der Waals surface area contributed by atoms with E-state index >= 15 is 0 Å². The van der Waals surface area contributed by atoms with Gasteiger partial charge in [0.2, 0.25) is 0 Å². The standard InChI is InChI=1S/C22H21IN2O6/c1-13-5-4-6-14(7-13)12-31-20-16(23)8-15(10-18(20)29-2)9-17-21(27)25(22(28)24-17)11-19(26)30-3/h4-10H,11-12H2,1-3H3,(H,24,28)/b17-9+. The van der Waals surface area contributed by atoms with E-state index < -0.39 is 24.5 Å². The number of rotatable bonds is 7. The summed E-state index contributed by atoms with van der Waals surface area (Å²) in [6.45, 7) is 1.95. The lowest BCUT2D eigenvalue weighted by Crippen LogP contribution is -2.36. The Hall–Kier alpha value is -3.08. The molecule has 8 nitrogen and oxygen atoms in total. The first-order chi connectivity index (χ1) is 14.8. The minimum atomic E-state index is -0.684. The largest absolute Gasteiger partial charge is 0.493 e. The maximum absolute atomic E-state index is 12.5. The highest BCUT2D eigenvalue weighted by Gasteiger charge is 2.35. The Kier molecular flexibility index (Phi) is 7.16. The number of methoxy groups -OCH3 is 2. The summed E-state index contributed by atoms with van der Waals surface area (Å²) in [6.07, 6.45) is 1.52. The summed E-state index contributed by atoms with van der Waals surface area (Å²) >= 11 is 2.13. The van der Waals surface area contributed by atoms with Gasteiger partial charge in [-0.15, -0.1) is 0 Å². The summed E-state index contributed by atoms with van der Waals surface area (Å²) in [7, 11) is 2.72. The van der Waals surface area contributed by atoms with Crippen molar-refractivity contribution in [1.82, 2.24) is 10.2 Å². The zero-order valence-corrected chi connectivity index (χ0v) is 19.4. The molecule has 1 aliphatic heterocycles. The van der Waals surface area contributed by atoms with E-state index in [1.165, 1.54) is 20.3 Å². The predicted octanol–water partition coefficient (Wildman–Crippen LogP) is 3.25. The Morgan fingerprint density at radius 1 is 1.19 bits per heavy atom. The summed E-state index contributed by atoms with van der Waals surface area (Å²) in [5.74, 6) is -0.212. The van der Waals surface area contributed by atoms with Crippen LogP contribution < -0.4 is 14.8 Å². The van der Waals surface area contributed by atoms with Crippen molar-refractivity contribution in [3.63, 3.8) is 0 Å². The van der Waals surface area contributed by atoms with Gasteiger partial charge < -0.3 is 19.5 Å². The molecular formula is C22H21IN2O6. The summed E-state index contributed by atoms with van der Waals surface area (Å²) in [5.41, 5.74) is 2.87. The highest BCUT2D eigenvalue weighted by molar-refractivity contribution is 14.1. The molecule has 0 aliphatic carbocycles. The Morgan fingerprint density at radius 2 is 1.97 bits per heavy atom. The van der Waals surface area contributed by atoms with Crippen molar-refractivity contribution in [2.24, 2.45) is 0 Å². The van der Waals surface area contributed by atoms with E-state index in [2.05, 4.69) is 32.6 Å². The zero-order valence-electron chi connectivity index (χ0n) is 17.2. The van der Waals surface area contributed by atoms with Crippen LogP contribution in [0.15, 0.2) is 42.1 Å². The number of amides is 3. The highest BCUT2D eigenvalue weighted by Crippen LogP contribution is 2.35. The van der Waals surface area contributed by atoms with Gasteiger partial charge >= 0.3 is 12.0 Å². The normalized spacial score (nSPS) is 14.6. The summed E-state index contributed by atoms with van der Waals surface area (Å²) in [4.78, 5) is 36.7. The molecule has 0 spiro atoms. The van der Waals surface area contributed by atoms with Gasteiger partial charge in [-0.25, -0.2) is 9.69 Å². The number of urea groups is 1. The number of carbonyl (C=O) groups is 3. The molecule has 2 aromatic rings. The third-order valence-electron chi connectivity index (χ3n) is 4.51. The Labute approximate surface area is 193 Å². The van der Waals surface area contributed by atoms with Gasteiger partial charge in [0, 0.05) is 0 Å². The van der Waals surface area contributed by atoms with Crippen molar-refractivity contribution in [2.75, 3.05) is 20.8 Å². The maximum Gasteiger partial charge on any atom is 0.329 e. The van der Waals surface area contributed by atoms with Crippen LogP contribution in [0.4, 0.5) is 4.79 Å². The van der Waals surface area contributed by atoms with Crippen molar-refractivity contribution in [2.45, 2.75) is 13.5 Å². The van der Waals surface area contributed by atoms with Gasteiger partial charge in [-0.3, -0.25) is 9.59 Å². The van der Waals surface area contributed by atoms with Crippen LogP contribution in [0.3, 0.4) is 0 Å². The molecule has 9 heteroatoms. The molecule has 1 aliphatic rings.